The van der Waals surface area contributed by atoms with Gasteiger partial charge in [0.1, 0.15) is 5.60 Å². The van der Waals surface area contributed by atoms with Crippen molar-refractivity contribution in [2.45, 2.75) is 52.7 Å². The second-order valence-corrected chi connectivity index (χ2v) is 10.8. The number of aromatic nitrogens is 1. The highest BCUT2D eigenvalue weighted by Gasteiger charge is 2.41. The molecule has 0 bridgehead atoms. The molecular weight excluding hydrogens is 484 g/mol. The number of rotatable bonds is 5. The minimum Gasteiger partial charge on any atom is -0.444 e. The van der Waals surface area contributed by atoms with Crippen LogP contribution in [-0.2, 0) is 16.0 Å². The fourth-order valence-corrected chi connectivity index (χ4v) is 4.77. The van der Waals surface area contributed by atoms with Gasteiger partial charge in [0.2, 0.25) is 5.91 Å². The molecule has 9 heteroatoms. The molecule has 1 aliphatic rings. The second-order valence-electron chi connectivity index (χ2n) is 10.8. The third-order valence-corrected chi connectivity index (χ3v) is 6.60. The van der Waals surface area contributed by atoms with Crippen molar-refractivity contribution in [1.29, 1.82) is 0 Å². The van der Waals surface area contributed by atoms with Gasteiger partial charge >= 0.3 is 6.09 Å². The maximum atomic E-state index is 13.0. The van der Waals surface area contributed by atoms with Gasteiger partial charge in [0, 0.05) is 29.7 Å². The van der Waals surface area contributed by atoms with Crippen molar-refractivity contribution in [1.82, 2.24) is 20.7 Å². The molecule has 0 unspecified atom stereocenters. The van der Waals surface area contributed by atoms with Crippen molar-refractivity contribution in [3.8, 4) is 0 Å². The van der Waals surface area contributed by atoms with Crippen LogP contribution in [0.4, 0.5) is 4.79 Å². The number of nitrogens with zero attached hydrogens (tertiary/aromatic N) is 2. The summed E-state index contributed by atoms with van der Waals surface area (Å²) in [6.45, 7) is 9.40. The zero-order valence-electron chi connectivity index (χ0n) is 22.4. The fourth-order valence-electron chi connectivity index (χ4n) is 4.77. The van der Waals surface area contributed by atoms with E-state index >= 15 is 0 Å². The maximum absolute atomic E-state index is 13.0. The summed E-state index contributed by atoms with van der Waals surface area (Å²) in [5, 5.41) is 13.1. The van der Waals surface area contributed by atoms with Gasteiger partial charge in [0.15, 0.2) is 0 Å². The number of aryl methyl sites for hydroxylation is 2. The van der Waals surface area contributed by atoms with E-state index in [1.807, 2.05) is 25.1 Å². The van der Waals surface area contributed by atoms with Crippen LogP contribution in [0, 0.1) is 19.8 Å². The number of hydrogen-bond acceptors (Lipinski definition) is 6. The van der Waals surface area contributed by atoms with Gasteiger partial charge in [-0.1, -0.05) is 30.3 Å². The summed E-state index contributed by atoms with van der Waals surface area (Å²) < 4.78 is 5.40. The molecule has 0 aliphatic carbocycles. The lowest BCUT2D eigenvalue weighted by atomic mass is 9.98. The highest BCUT2D eigenvalue weighted by atomic mass is 16.6. The first-order valence-corrected chi connectivity index (χ1v) is 12.6. The number of amides is 3. The van der Waals surface area contributed by atoms with Gasteiger partial charge in [0.05, 0.1) is 17.5 Å². The number of carbonyl (C=O) groups excluding carboxylic acids is 3. The molecule has 1 fully saturated rings. The molecule has 1 saturated heterocycles. The summed E-state index contributed by atoms with van der Waals surface area (Å²) in [7, 11) is 0. The van der Waals surface area contributed by atoms with Crippen LogP contribution in [0.5, 0.6) is 0 Å². The Balaban J connectivity index is 1.47. The molecule has 3 aromatic rings. The van der Waals surface area contributed by atoms with Crippen molar-refractivity contribution in [2.24, 2.45) is 5.92 Å². The normalized spacial score (nSPS) is 17.4. The Morgan fingerprint density at radius 3 is 2.45 bits per heavy atom. The van der Waals surface area contributed by atoms with Gasteiger partial charge in [-0.25, -0.2) is 10.3 Å². The van der Waals surface area contributed by atoms with Gasteiger partial charge in [0.25, 0.3) is 5.91 Å². The van der Waals surface area contributed by atoms with E-state index in [1.54, 1.807) is 38.4 Å². The number of para-hydroxylation sites is 1. The Bertz CT molecular complexity index is 1360. The van der Waals surface area contributed by atoms with Gasteiger partial charge in [-0.2, -0.15) is 0 Å². The number of carbonyl (C=O) groups is 3. The maximum Gasteiger partial charge on any atom is 0.410 e. The summed E-state index contributed by atoms with van der Waals surface area (Å²) in [5.41, 5.74) is 6.66. The van der Waals surface area contributed by atoms with E-state index < -0.39 is 29.6 Å². The number of ether oxygens (including phenoxy) is 1. The van der Waals surface area contributed by atoms with E-state index in [2.05, 4.69) is 30.4 Å². The molecule has 2 atom stereocenters. The monoisotopic (exact) mass is 518 g/mol. The summed E-state index contributed by atoms with van der Waals surface area (Å²) in [4.78, 5) is 43.9. The van der Waals surface area contributed by atoms with E-state index in [-0.39, 0.29) is 19.0 Å². The number of nitrogens with one attached hydrogen (secondary N) is 2. The highest BCUT2D eigenvalue weighted by molar-refractivity contribution is 5.95. The number of hydrogen-bond donors (Lipinski definition) is 3. The zero-order valence-corrected chi connectivity index (χ0v) is 22.4. The lowest BCUT2D eigenvalue weighted by Crippen LogP contribution is -2.45. The van der Waals surface area contributed by atoms with E-state index in [0.717, 1.165) is 27.7 Å². The second kappa shape index (κ2) is 10.8. The summed E-state index contributed by atoms with van der Waals surface area (Å²) in [5.74, 6) is -1.86. The number of benzene rings is 2. The van der Waals surface area contributed by atoms with Crippen molar-refractivity contribution in [3.63, 3.8) is 0 Å². The minimum absolute atomic E-state index is 0.0178. The van der Waals surface area contributed by atoms with Crippen LogP contribution in [0.15, 0.2) is 48.5 Å². The standard InChI is InChI=1S/C29H34N4O5/c1-17-7-6-8-22-21(13-18(2)30-25(17)22)14-19-9-11-20(12-10-19)26(34)31-24-16-33(15-23(24)27(35)32-37)28(36)38-29(3,4)5/h6-13,23-24,37H,14-16H2,1-5H3,(H,31,34)(H,32,35)/t23-,24+/m0/s1. The highest BCUT2D eigenvalue weighted by Crippen LogP contribution is 2.25. The van der Waals surface area contributed by atoms with Gasteiger partial charge in [-0.15, -0.1) is 0 Å². The van der Waals surface area contributed by atoms with Crippen LogP contribution < -0.4 is 10.8 Å². The summed E-state index contributed by atoms with van der Waals surface area (Å²) >= 11 is 0. The Kier molecular flexibility index (Phi) is 7.68. The van der Waals surface area contributed by atoms with Crippen LogP contribution in [0.25, 0.3) is 10.9 Å². The fraction of sp³-hybridized carbons (Fsp3) is 0.379. The number of hydroxylamine groups is 1. The molecular formula is C29H34N4O5. The molecule has 200 valence electrons. The Hall–Kier alpha value is -3.98. The zero-order chi connectivity index (χ0) is 27.6. The molecule has 0 radical (unpaired) electrons. The average molecular weight is 519 g/mol. The van der Waals surface area contributed by atoms with Gasteiger partial charge in [-0.05, 0) is 75.9 Å². The molecule has 4 rings (SSSR count). The van der Waals surface area contributed by atoms with E-state index in [4.69, 9.17) is 9.72 Å². The Labute approximate surface area is 222 Å². The first-order chi connectivity index (χ1) is 17.9. The van der Waals surface area contributed by atoms with Crippen LogP contribution in [0.2, 0.25) is 0 Å². The summed E-state index contributed by atoms with van der Waals surface area (Å²) in [6.07, 6.45) is 0.112. The summed E-state index contributed by atoms with van der Waals surface area (Å²) in [6, 6.07) is 14.9. The Morgan fingerprint density at radius 2 is 1.79 bits per heavy atom. The molecule has 1 aliphatic heterocycles. The Morgan fingerprint density at radius 1 is 1.08 bits per heavy atom. The molecule has 3 amide bonds. The van der Waals surface area contributed by atoms with E-state index in [1.165, 1.54) is 10.5 Å². The van der Waals surface area contributed by atoms with Crippen LogP contribution in [0.1, 0.15) is 53.5 Å². The molecule has 2 aromatic carbocycles. The molecule has 38 heavy (non-hydrogen) atoms. The van der Waals surface area contributed by atoms with Crippen LogP contribution in [0.3, 0.4) is 0 Å². The lowest BCUT2D eigenvalue weighted by Gasteiger charge is -2.24. The van der Waals surface area contributed by atoms with Crippen molar-refractivity contribution in [2.75, 3.05) is 13.1 Å². The SMILES string of the molecule is Cc1cc(Cc2ccc(C(=O)N[C@@H]3CN(C(=O)OC(C)(C)C)C[C@@H]3C(=O)NO)cc2)c2cccc(C)c2n1. The predicted molar refractivity (Wildman–Crippen MR) is 143 cm³/mol. The molecule has 2 heterocycles. The van der Waals surface area contributed by atoms with Crippen LogP contribution >= 0.6 is 0 Å². The van der Waals surface area contributed by atoms with E-state index in [9.17, 15) is 19.6 Å². The van der Waals surface area contributed by atoms with Crippen molar-refractivity contribution < 1.29 is 24.3 Å². The number of pyridine rings is 1. The number of fused-ring (bicyclic) bond motifs is 1. The van der Waals surface area contributed by atoms with Gasteiger partial charge in [-0.3, -0.25) is 19.8 Å². The third kappa shape index (κ3) is 6.11. The smallest absolute Gasteiger partial charge is 0.410 e. The molecule has 1 aromatic heterocycles. The third-order valence-electron chi connectivity index (χ3n) is 6.60. The van der Waals surface area contributed by atoms with Crippen molar-refractivity contribution in [3.05, 3.63) is 76.5 Å². The quantitative estimate of drug-likeness (QED) is 0.348. The largest absolute Gasteiger partial charge is 0.444 e. The van der Waals surface area contributed by atoms with Crippen molar-refractivity contribution >= 4 is 28.8 Å². The minimum atomic E-state index is -0.817. The molecule has 0 spiro atoms. The first kappa shape index (κ1) is 27.1. The molecule has 9 nitrogen and oxygen atoms in total. The topological polar surface area (TPSA) is 121 Å². The first-order valence-electron chi connectivity index (χ1n) is 12.6. The lowest BCUT2D eigenvalue weighted by molar-refractivity contribution is -0.133. The molecule has 3 N–H and O–H groups in total. The predicted octanol–water partition coefficient (Wildman–Crippen LogP) is 3.91. The molecule has 0 saturated carbocycles. The van der Waals surface area contributed by atoms with Gasteiger partial charge < -0.3 is 15.0 Å². The van der Waals surface area contributed by atoms with E-state index in [0.29, 0.717) is 12.0 Å². The average Bonchev–Trinajstić information content (AvgIpc) is 3.27. The number of likely N-dealkylation sites (tertiary alicyclic amines) is 1. The van der Waals surface area contributed by atoms with Crippen LogP contribution in [-0.4, -0.2) is 57.7 Å².